The molecule has 208 valence electrons. The van der Waals surface area contributed by atoms with E-state index in [9.17, 15) is 24.1 Å². The number of hydrogen-bond acceptors (Lipinski definition) is 10. The fourth-order valence-electron chi connectivity index (χ4n) is 4.12. The summed E-state index contributed by atoms with van der Waals surface area (Å²) in [5, 5.41) is 13.5. The average molecular weight is 574 g/mol. The molecule has 2 fully saturated rings. The Labute approximate surface area is 221 Å². The third-order valence-corrected chi connectivity index (χ3v) is 9.22. The van der Waals surface area contributed by atoms with E-state index >= 15 is 4.39 Å². The lowest BCUT2D eigenvalue weighted by Crippen LogP contribution is -2.54. The first-order chi connectivity index (χ1) is 17.9. The van der Waals surface area contributed by atoms with Crippen molar-refractivity contribution < 1.29 is 37.4 Å². The number of nitrogens with one attached hydrogen (secondary N) is 2. The number of carbonyl (C=O) groups is 1. The van der Waals surface area contributed by atoms with Crippen LogP contribution in [0.5, 0.6) is 5.75 Å². The number of halogens is 1. The molecule has 0 bridgehead atoms. The first kappa shape index (κ1) is 28.5. The van der Waals surface area contributed by atoms with E-state index in [1.54, 1.807) is 32.0 Å². The third kappa shape index (κ3) is 5.75. The van der Waals surface area contributed by atoms with Crippen molar-refractivity contribution in [3.63, 3.8) is 0 Å². The maximum absolute atomic E-state index is 16.2. The van der Waals surface area contributed by atoms with Crippen molar-refractivity contribution >= 4 is 25.5 Å². The zero-order chi connectivity index (χ0) is 27.7. The van der Waals surface area contributed by atoms with Crippen molar-refractivity contribution in [1.29, 1.82) is 0 Å². The van der Waals surface area contributed by atoms with E-state index < -0.39 is 66.7 Å². The number of aromatic nitrogens is 2. The molecule has 38 heavy (non-hydrogen) atoms. The fourth-order valence-corrected chi connectivity index (χ4v) is 6.94. The predicted octanol–water partition coefficient (Wildman–Crippen LogP) is 2.10. The Morgan fingerprint density at radius 1 is 1.32 bits per heavy atom. The highest BCUT2D eigenvalue weighted by Crippen LogP contribution is 2.60. The summed E-state index contributed by atoms with van der Waals surface area (Å²) in [6, 6.07) is 7.80. The minimum absolute atomic E-state index is 0.109. The number of hydrogen-bond donors (Lipinski definition) is 3. The number of ether oxygens (including phenoxy) is 2. The Kier molecular flexibility index (Phi) is 8.22. The maximum atomic E-state index is 16.2. The second kappa shape index (κ2) is 10.9. The van der Waals surface area contributed by atoms with Crippen molar-refractivity contribution in [2.45, 2.75) is 62.3 Å². The van der Waals surface area contributed by atoms with Gasteiger partial charge in [0, 0.05) is 12.3 Å². The summed E-state index contributed by atoms with van der Waals surface area (Å²) in [6.45, 7) is 3.59. The van der Waals surface area contributed by atoms with Gasteiger partial charge in [-0.2, -0.15) is 5.09 Å². The SMILES string of the molecule is CC(C)OC(=O)[C@H](C)N[P@](=O)(OC[C@@]1(F)O[C@@H](n2ccc(=O)[nH]c2=O)[C@@]2(CCS2)[C@@H]1O)Oc1ccccc1. The minimum atomic E-state index is -4.46. The van der Waals surface area contributed by atoms with Crippen LogP contribution in [-0.4, -0.2) is 61.8 Å². The van der Waals surface area contributed by atoms with E-state index in [0.29, 0.717) is 12.2 Å². The molecule has 0 radical (unpaired) electrons. The van der Waals surface area contributed by atoms with E-state index in [1.807, 2.05) is 0 Å². The Balaban J connectivity index is 1.58. The Morgan fingerprint density at radius 2 is 2.00 bits per heavy atom. The van der Waals surface area contributed by atoms with Crippen LogP contribution in [0, 0.1) is 0 Å². The van der Waals surface area contributed by atoms with Gasteiger partial charge < -0.3 is 19.1 Å². The molecule has 1 aromatic carbocycles. The zero-order valence-electron chi connectivity index (χ0n) is 20.9. The number of thioether (sulfide) groups is 1. The molecule has 2 saturated heterocycles. The Hall–Kier alpha value is -2.48. The van der Waals surface area contributed by atoms with Gasteiger partial charge in [-0.25, -0.2) is 13.8 Å². The summed E-state index contributed by atoms with van der Waals surface area (Å²) in [5.41, 5.74) is -1.49. The highest BCUT2D eigenvalue weighted by atomic mass is 32.2. The second-order valence-corrected chi connectivity index (χ2v) is 12.4. The van der Waals surface area contributed by atoms with Crippen molar-refractivity contribution in [3.05, 3.63) is 63.4 Å². The molecule has 0 amide bonds. The van der Waals surface area contributed by atoms with E-state index in [4.69, 9.17) is 18.5 Å². The summed E-state index contributed by atoms with van der Waals surface area (Å²) < 4.78 is 51.3. The number of benzene rings is 1. The summed E-state index contributed by atoms with van der Waals surface area (Å²) in [5.74, 6) is -2.99. The second-order valence-electron chi connectivity index (χ2n) is 9.24. The van der Waals surface area contributed by atoms with Gasteiger partial charge in [0.25, 0.3) is 11.4 Å². The maximum Gasteiger partial charge on any atom is 0.459 e. The van der Waals surface area contributed by atoms with E-state index in [1.165, 1.54) is 30.8 Å². The molecule has 3 heterocycles. The van der Waals surface area contributed by atoms with Crippen molar-refractivity contribution in [2.24, 2.45) is 0 Å². The number of esters is 1. The van der Waals surface area contributed by atoms with Crippen LogP contribution < -0.4 is 20.9 Å². The average Bonchev–Trinajstić information content (AvgIpc) is 3.05. The number of aliphatic hydroxyl groups is 1. The molecule has 3 N–H and O–H groups in total. The lowest BCUT2D eigenvalue weighted by Gasteiger charge is -2.43. The van der Waals surface area contributed by atoms with Crippen LogP contribution in [0.25, 0.3) is 0 Å². The molecule has 15 heteroatoms. The molecule has 1 spiro atoms. The standard InChI is InChI=1S/C23H29FN3O9PS/c1-14(2)34-18(29)15(3)26-37(32,36-16-7-5-4-6-8-16)33-13-23(24)19(30)22(10-12-38-22)20(35-23)27-11-9-17(28)25-21(27)31/h4-9,11,14-15,19-20,30H,10,12-13H2,1-3H3,(H,26,32)(H,25,28,31)/t15-,19-,20+,22+,23+,37-/m0/s1. The molecule has 4 rings (SSSR count). The molecule has 0 saturated carbocycles. The number of rotatable bonds is 10. The summed E-state index contributed by atoms with van der Waals surface area (Å²) >= 11 is 1.20. The quantitative estimate of drug-likeness (QED) is 0.282. The van der Waals surface area contributed by atoms with Crippen LogP contribution in [0.2, 0.25) is 0 Å². The van der Waals surface area contributed by atoms with Gasteiger partial charge >= 0.3 is 19.4 Å². The van der Waals surface area contributed by atoms with Crippen LogP contribution in [0.4, 0.5) is 4.39 Å². The topological polar surface area (TPSA) is 158 Å². The third-order valence-electron chi connectivity index (χ3n) is 6.02. The van der Waals surface area contributed by atoms with E-state index in [0.717, 1.165) is 16.8 Å². The monoisotopic (exact) mass is 573 g/mol. The highest BCUT2D eigenvalue weighted by Gasteiger charge is 2.68. The van der Waals surface area contributed by atoms with Crippen molar-refractivity contribution in [2.75, 3.05) is 12.4 Å². The first-order valence-electron chi connectivity index (χ1n) is 11.9. The molecule has 2 aliphatic rings. The lowest BCUT2D eigenvalue weighted by atomic mass is 9.93. The fraction of sp³-hybridized carbons (Fsp3) is 0.522. The van der Waals surface area contributed by atoms with Crippen LogP contribution in [0.3, 0.4) is 0 Å². The summed E-state index contributed by atoms with van der Waals surface area (Å²) in [4.78, 5) is 38.3. The number of nitrogens with zero attached hydrogens (tertiary/aromatic N) is 1. The number of alkyl halides is 1. The molecular weight excluding hydrogens is 544 g/mol. The van der Waals surface area contributed by atoms with Gasteiger partial charge in [-0.05, 0) is 45.1 Å². The van der Waals surface area contributed by atoms with Gasteiger partial charge in [-0.1, -0.05) is 18.2 Å². The van der Waals surface area contributed by atoms with Gasteiger partial charge in [0.1, 0.15) is 24.5 Å². The Bertz CT molecular complexity index is 1320. The molecule has 0 aliphatic carbocycles. The molecule has 0 unspecified atom stereocenters. The smallest absolute Gasteiger partial charge is 0.459 e. The highest BCUT2D eigenvalue weighted by molar-refractivity contribution is 8.02. The molecule has 12 nitrogen and oxygen atoms in total. The molecule has 1 aromatic heterocycles. The normalized spacial score (nSPS) is 29.0. The van der Waals surface area contributed by atoms with Gasteiger partial charge in [0.2, 0.25) is 0 Å². The first-order valence-corrected chi connectivity index (χ1v) is 14.4. The predicted molar refractivity (Wildman–Crippen MR) is 136 cm³/mol. The van der Waals surface area contributed by atoms with Gasteiger partial charge in [-0.3, -0.25) is 23.7 Å². The molecule has 2 aliphatic heterocycles. The van der Waals surface area contributed by atoms with Crippen LogP contribution in [-0.2, 0) is 23.4 Å². The molecule has 6 atom stereocenters. The number of aliphatic hydroxyl groups excluding tert-OH is 1. The van der Waals surface area contributed by atoms with Crippen molar-refractivity contribution in [3.8, 4) is 5.75 Å². The van der Waals surface area contributed by atoms with E-state index in [-0.39, 0.29) is 5.75 Å². The summed E-state index contributed by atoms with van der Waals surface area (Å²) in [6.07, 6.45) is -2.08. The number of aromatic amines is 1. The summed E-state index contributed by atoms with van der Waals surface area (Å²) in [7, 11) is -4.46. The van der Waals surface area contributed by atoms with Gasteiger partial charge in [0.05, 0.1) is 10.9 Å². The van der Waals surface area contributed by atoms with Crippen LogP contribution in [0.15, 0.2) is 52.2 Å². The Morgan fingerprint density at radius 3 is 2.58 bits per heavy atom. The van der Waals surface area contributed by atoms with Gasteiger partial charge in [-0.15, -0.1) is 11.8 Å². The largest absolute Gasteiger partial charge is 0.462 e. The number of carbonyl (C=O) groups excluding carboxylic acids is 1. The van der Waals surface area contributed by atoms with Gasteiger partial charge in [0.15, 0.2) is 6.23 Å². The molecule has 2 aromatic rings. The zero-order valence-corrected chi connectivity index (χ0v) is 22.6. The number of para-hydroxylation sites is 1. The van der Waals surface area contributed by atoms with Crippen LogP contribution in [0.1, 0.15) is 33.4 Å². The number of H-pyrrole nitrogens is 1. The van der Waals surface area contributed by atoms with Crippen molar-refractivity contribution in [1.82, 2.24) is 14.6 Å². The minimum Gasteiger partial charge on any atom is -0.462 e. The molecular formula is C23H29FN3O9PS. The lowest BCUT2D eigenvalue weighted by molar-refractivity contribution is -0.204. The van der Waals surface area contributed by atoms with Crippen LogP contribution >= 0.6 is 19.5 Å². The van der Waals surface area contributed by atoms with E-state index in [2.05, 4.69) is 10.1 Å².